The van der Waals surface area contributed by atoms with Crippen molar-refractivity contribution in [2.24, 2.45) is 0 Å². The Morgan fingerprint density at radius 3 is 3.00 bits per heavy atom. The molecule has 2 atom stereocenters. The summed E-state index contributed by atoms with van der Waals surface area (Å²) in [7, 11) is 0. The molecule has 0 spiro atoms. The Balaban J connectivity index is 1.99. The average molecular weight is 347 g/mol. The summed E-state index contributed by atoms with van der Waals surface area (Å²) in [6, 6.07) is 7.83. The van der Waals surface area contributed by atoms with Crippen LogP contribution in [0.5, 0.6) is 0 Å². The van der Waals surface area contributed by atoms with Crippen LogP contribution in [-0.2, 0) is 16.0 Å². The molecule has 5 heteroatoms. The topological polar surface area (TPSA) is 29.5 Å². The van der Waals surface area contributed by atoms with Gasteiger partial charge in [-0.15, -0.1) is 11.6 Å². The molecule has 1 amide bonds. The van der Waals surface area contributed by atoms with E-state index in [1.807, 2.05) is 36.1 Å². The maximum absolute atomic E-state index is 12.3. The highest BCUT2D eigenvalue weighted by atomic mass is 79.9. The Bertz CT molecular complexity index is 455. The first-order chi connectivity index (χ1) is 9.08. The molecule has 1 heterocycles. The van der Waals surface area contributed by atoms with E-state index in [0.29, 0.717) is 25.4 Å². The second-order valence-corrected chi connectivity index (χ2v) is 6.05. The molecule has 1 aliphatic heterocycles. The number of halogens is 2. The lowest BCUT2D eigenvalue weighted by molar-refractivity contribution is -0.142. The van der Waals surface area contributed by atoms with Gasteiger partial charge in [-0.05, 0) is 24.6 Å². The van der Waals surface area contributed by atoms with E-state index in [-0.39, 0.29) is 18.1 Å². The number of morpholine rings is 1. The van der Waals surface area contributed by atoms with Gasteiger partial charge in [-0.2, -0.15) is 0 Å². The number of rotatable bonds is 3. The highest BCUT2D eigenvalue weighted by Gasteiger charge is 2.27. The zero-order valence-electron chi connectivity index (χ0n) is 10.8. The minimum absolute atomic E-state index is 0.0453. The molecule has 0 radical (unpaired) electrons. The van der Waals surface area contributed by atoms with E-state index < -0.39 is 0 Å². The normalized spacial score (nSPS) is 23.4. The van der Waals surface area contributed by atoms with Gasteiger partial charge in [0.15, 0.2) is 0 Å². The Morgan fingerprint density at radius 2 is 2.32 bits per heavy atom. The van der Waals surface area contributed by atoms with Crippen LogP contribution in [0.2, 0.25) is 0 Å². The molecule has 1 aromatic rings. The molecular weight excluding hydrogens is 330 g/mol. The Morgan fingerprint density at radius 1 is 1.53 bits per heavy atom. The fourth-order valence-electron chi connectivity index (χ4n) is 2.27. The smallest absolute Gasteiger partial charge is 0.227 e. The van der Waals surface area contributed by atoms with Crippen LogP contribution in [0.3, 0.4) is 0 Å². The molecule has 1 fully saturated rings. The predicted octanol–water partition coefficient (Wildman–Crippen LogP) is 2.85. The molecule has 104 valence electrons. The highest BCUT2D eigenvalue weighted by Crippen LogP contribution is 2.16. The van der Waals surface area contributed by atoms with Crippen molar-refractivity contribution in [3.8, 4) is 0 Å². The van der Waals surface area contributed by atoms with Crippen molar-refractivity contribution < 1.29 is 9.53 Å². The maximum Gasteiger partial charge on any atom is 0.227 e. The average Bonchev–Trinajstić information content (AvgIpc) is 2.38. The van der Waals surface area contributed by atoms with Crippen LogP contribution >= 0.6 is 27.5 Å². The molecule has 19 heavy (non-hydrogen) atoms. The summed E-state index contributed by atoms with van der Waals surface area (Å²) in [5.41, 5.74) is 1.01. The van der Waals surface area contributed by atoms with Gasteiger partial charge in [-0.1, -0.05) is 28.1 Å². The molecule has 0 N–H and O–H groups in total. The molecule has 0 saturated carbocycles. The Hall–Kier alpha value is -0.580. The number of ether oxygens (including phenoxy) is 1. The first kappa shape index (κ1) is 14.8. The largest absolute Gasteiger partial charge is 0.370 e. The number of alkyl halides is 1. The van der Waals surface area contributed by atoms with Gasteiger partial charge in [0.25, 0.3) is 0 Å². The van der Waals surface area contributed by atoms with Crippen LogP contribution in [0.15, 0.2) is 28.7 Å². The number of carbonyl (C=O) groups is 1. The summed E-state index contributed by atoms with van der Waals surface area (Å²) in [4.78, 5) is 14.1. The van der Waals surface area contributed by atoms with E-state index in [1.165, 1.54) is 0 Å². The monoisotopic (exact) mass is 345 g/mol. The number of carbonyl (C=O) groups excluding carboxylic acids is 1. The molecule has 0 aromatic heterocycles. The number of hydrogen-bond donors (Lipinski definition) is 0. The summed E-state index contributed by atoms with van der Waals surface area (Å²) in [6.45, 7) is 3.19. The SMILES string of the molecule is CC1CN(C(=O)Cc2cccc(Br)c2)CC(CCl)O1. The van der Waals surface area contributed by atoms with Crippen LogP contribution in [0.1, 0.15) is 12.5 Å². The van der Waals surface area contributed by atoms with Gasteiger partial charge >= 0.3 is 0 Å². The second kappa shape index (κ2) is 6.73. The number of nitrogens with zero attached hydrogens (tertiary/aromatic N) is 1. The van der Waals surface area contributed by atoms with Crippen LogP contribution in [-0.4, -0.2) is 42.0 Å². The lowest BCUT2D eigenvalue weighted by Gasteiger charge is -2.36. The van der Waals surface area contributed by atoms with Crippen LogP contribution < -0.4 is 0 Å². The molecule has 0 bridgehead atoms. The predicted molar refractivity (Wildman–Crippen MR) is 79.5 cm³/mol. The van der Waals surface area contributed by atoms with Gasteiger partial charge in [0.2, 0.25) is 5.91 Å². The lowest BCUT2D eigenvalue weighted by atomic mass is 10.1. The summed E-state index contributed by atoms with van der Waals surface area (Å²) in [6.07, 6.45) is 0.405. The molecule has 2 rings (SSSR count). The van der Waals surface area contributed by atoms with E-state index in [1.54, 1.807) is 0 Å². The standard InChI is InChI=1S/C14H17BrClNO2/c1-10-8-17(9-13(7-16)19-10)14(18)6-11-3-2-4-12(15)5-11/h2-5,10,13H,6-9H2,1H3. The Labute approximate surface area is 127 Å². The minimum Gasteiger partial charge on any atom is -0.370 e. The summed E-state index contributed by atoms with van der Waals surface area (Å²) in [5.74, 6) is 0.550. The van der Waals surface area contributed by atoms with Gasteiger partial charge in [-0.25, -0.2) is 0 Å². The number of amides is 1. The summed E-state index contributed by atoms with van der Waals surface area (Å²) >= 11 is 9.24. The molecule has 3 nitrogen and oxygen atoms in total. The maximum atomic E-state index is 12.3. The van der Waals surface area contributed by atoms with Gasteiger partial charge in [-0.3, -0.25) is 4.79 Å². The number of benzene rings is 1. The summed E-state index contributed by atoms with van der Waals surface area (Å²) < 4.78 is 6.64. The first-order valence-electron chi connectivity index (χ1n) is 6.32. The zero-order valence-corrected chi connectivity index (χ0v) is 13.2. The van der Waals surface area contributed by atoms with Crippen LogP contribution in [0.4, 0.5) is 0 Å². The van der Waals surface area contributed by atoms with E-state index in [9.17, 15) is 4.79 Å². The molecule has 0 aliphatic carbocycles. The van der Waals surface area contributed by atoms with Gasteiger partial charge < -0.3 is 9.64 Å². The van der Waals surface area contributed by atoms with E-state index in [0.717, 1.165) is 10.0 Å². The van der Waals surface area contributed by atoms with Crippen molar-refractivity contribution in [2.45, 2.75) is 25.6 Å². The third kappa shape index (κ3) is 4.20. The lowest BCUT2D eigenvalue weighted by Crippen LogP contribution is -2.50. The number of hydrogen-bond acceptors (Lipinski definition) is 2. The Kier molecular flexibility index (Phi) is 5.25. The molecule has 2 unspecified atom stereocenters. The van der Waals surface area contributed by atoms with E-state index in [2.05, 4.69) is 15.9 Å². The van der Waals surface area contributed by atoms with E-state index in [4.69, 9.17) is 16.3 Å². The first-order valence-corrected chi connectivity index (χ1v) is 7.65. The molecule has 1 saturated heterocycles. The second-order valence-electron chi connectivity index (χ2n) is 4.83. The van der Waals surface area contributed by atoms with Gasteiger partial charge in [0.05, 0.1) is 24.5 Å². The highest BCUT2D eigenvalue weighted by molar-refractivity contribution is 9.10. The fraction of sp³-hybridized carbons (Fsp3) is 0.500. The zero-order chi connectivity index (χ0) is 13.8. The molecule has 1 aliphatic rings. The van der Waals surface area contributed by atoms with Crippen molar-refractivity contribution in [3.05, 3.63) is 34.3 Å². The van der Waals surface area contributed by atoms with Crippen molar-refractivity contribution in [1.29, 1.82) is 0 Å². The van der Waals surface area contributed by atoms with Gasteiger partial charge in [0, 0.05) is 17.6 Å². The van der Waals surface area contributed by atoms with Crippen molar-refractivity contribution in [3.63, 3.8) is 0 Å². The van der Waals surface area contributed by atoms with Crippen LogP contribution in [0, 0.1) is 0 Å². The van der Waals surface area contributed by atoms with Crippen molar-refractivity contribution >= 4 is 33.4 Å². The minimum atomic E-state index is -0.0584. The summed E-state index contributed by atoms with van der Waals surface area (Å²) in [5, 5.41) is 0. The van der Waals surface area contributed by atoms with E-state index >= 15 is 0 Å². The van der Waals surface area contributed by atoms with Crippen LogP contribution in [0.25, 0.3) is 0 Å². The third-order valence-corrected chi connectivity index (χ3v) is 3.93. The van der Waals surface area contributed by atoms with Crippen molar-refractivity contribution in [2.75, 3.05) is 19.0 Å². The molecular formula is C14H17BrClNO2. The fourth-order valence-corrected chi connectivity index (χ4v) is 2.88. The van der Waals surface area contributed by atoms with Gasteiger partial charge in [0.1, 0.15) is 0 Å². The quantitative estimate of drug-likeness (QED) is 0.788. The third-order valence-electron chi connectivity index (χ3n) is 3.10. The van der Waals surface area contributed by atoms with Crippen molar-refractivity contribution in [1.82, 2.24) is 4.90 Å². The molecule has 1 aromatic carbocycles.